The van der Waals surface area contributed by atoms with Crippen LogP contribution in [0.5, 0.6) is 0 Å². The third-order valence-corrected chi connectivity index (χ3v) is 3.51. The fraction of sp³-hybridized carbons (Fsp3) is 0.500. The molecule has 2 rings (SSSR count). The smallest absolute Gasteiger partial charge is 0.220 e. The van der Waals surface area contributed by atoms with Crippen molar-refractivity contribution in [3.63, 3.8) is 0 Å². The standard InChI is InChI=1S/C18H26N4O2/c1-14(2)24-12-6-11-19-17(23)9-5-10-20-18-15-7-3-4-8-16(15)21-13-22-18/h3-4,7-8,13-14H,5-6,9-12H2,1-2H3,(H,19,23)(H,20,21,22). The molecular formula is C18H26N4O2. The van der Waals surface area contributed by atoms with E-state index in [1.54, 1.807) is 6.33 Å². The molecule has 0 bridgehead atoms. The Balaban J connectivity index is 1.63. The monoisotopic (exact) mass is 330 g/mol. The van der Waals surface area contributed by atoms with E-state index in [0.29, 0.717) is 26.1 Å². The molecule has 130 valence electrons. The molecule has 2 aromatic rings. The van der Waals surface area contributed by atoms with Crippen molar-refractivity contribution in [1.82, 2.24) is 15.3 Å². The lowest BCUT2D eigenvalue weighted by molar-refractivity contribution is -0.121. The zero-order chi connectivity index (χ0) is 17.2. The molecule has 0 fully saturated rings. The van der Waals surface area contributed by atoms with E-state index in [9.17, 15) is 4.79 Å². The first-order valence-electron chi connectivity index (χ1n) is 8.48. The highest BCUT2D eigenvalue weighted by molar-refractivity contribution is 5.88. The number of anilines is 1. The van der Waals surface area contributed by atoms with Gasteiger partial charge in [0.1, 0.15) is 12.1 Å². The van der Waals surface area contributed by atoms with Crippen LogP contribution in [-0.4, -0.2) is 41.7 Å². The highest BCUT2D eigenvalue weighted by Gasteiger charge is 2.04. The van der Waals surface area contributed by atoms with Gasteiger partial charge in [-0.15, -0.1) is 0 Å². The Morgan fingerprint density at radius 3 is 2.83 bits per heavy atom. The van der Waals surface area contributed by atoms with Gasteiger partial charge in [0.05, 0.1) is 11.6 Å². The number of nitrogens with zero attached hydrogens (tertiary/aromatic N) is 2. The highest BCUT2D eigenvalue weighted by atomic mass is 16.5. The van der Waals surface area contributed by atoms with Crippen LogP contribution >= 0.6 is 0 Å². The third kappa shape index (κ3) is 6.12. The van der Waals surface area contributed by atoms with Crippen LogP contribution in [0.2, 0.25) is 0 Å². The molecule has 0 saturated carbocycles. The van der Waals surface area contributed by atoms with Gasteiger partial charge in [0, 0.05) is 31.5 Å². The molecule has 0 radical (unpaired) electrons. The number of rotatable bonds is 10. The molecule has 0 aliphatic rings. The molecule has 0 atom stereocenters. The fourth-order valence-corrected chi connectivity index (χ4v) is 2.31. The molecule has 2 N–H and O–H groups in total. The third-order valence-electron chi connectivity index (χ3n) is 3.51. The van der Waals surface area contributed by atoms with Crippen LogP contribution < -0.4 is 10.6 Å². The number of hydrogen-bond acceptors (Lipinski definition) is 5. The lowest BCUT2D eigenvalue weighted by Gasteiger charge is -2.09. The molecule has 0 saturated heterocycles. The van der Waals surface area contributed by atoms with Crippen molar-refractivity contribution in [2.75, 3.05) is 25.0 Å². The Labute approximate surface area is 143 Å². The highest BCUT2D eigenvalue weighted by Crippen LogP contribution is 2.18. The SMILES string of the molecule is CC(C)OCCCNC(=O)CCCNc1ncnc2ccccc12. The average molecular weight is 330 g/mol. The maximum absolute atomic E-state index is 11.8. The van der Waals surface area contributed by atoms with Crippen molar-refractivity contribution >= 4 is 22.6 Å². The Bertz CT molecular complexity index is 640. The summed E-state index contributed by atoms with van der Waals surface area (Å²) in [6.07, 6.45) is 3.89. The van der Waals surface area contributed by atoms with Gasteiger partial charge in [0.15, 0.2) is 0 Å². The quantitative estimate of drug-likeness (QED) is 0.655. The zero-order valence-electron chi connectivity index (χ0n) is 14.4. The topological polar surface area (TPSA) is 76.1 Å². The van der Waals surface area contributed by atoms with E-state index < -0.39 is 0 Å². The van der Waals surface area contributed by atoms with Crippen molar-refractivity contribution < 1.29 is 9.53 Å². The number of amides is 1. The Kier molecular flexibility index (Phi) is 7.42. The van der Waals surface area contributed by atoms with Crippen molar-refractivity contribution in [1.29, 1.82) is 0 Å². The minimum atomic E-state index is 0.0777. The summed E-state index contributed by atoms with van der Waals surface area (Å²) < 4.78 is 5.43. The van der Waals surface area contributed by atoms with Crippen LogP contribution in [0, 0.1) is 0 Å². The van der Waals surface area contributed by atoms with Gasteiger partial charge in [-0.2, -0.15) is 0 Å². The van der Waals surface area contributed by atoms with E-state index in [2.05, 4.69) is 20.6 Å². The first-order chi connectivity index (χ1) is 11.7. The van der Waals surface area contributed by atoms with Gasteiger partial charge >= 0.3 is 0 Å². The van der Waals surface area contributed by atoms with Crippen molar-refractivity contribution in [2.24, 2.45) is 0 Å². The second-order valence-electron chi connectivity index (χ2n) is 5.89. The second kappa shape index (κ2) is 9.82. The van der Waals surface area contributed by atoms with Crippen LogP contribution in [0.1, 0.15) is 33.1 Å². The number of benzene rings is 1. The van der Waals surface area contributed by atoms with Gasteiger partial charge in [-0.05, 0) is 38.8 Å². The largest absolute Gasteiger partial charge is 0.379 e. The number of para-hydroxylation sites is 1. The molecule has 24 heavy (non-hydrogen) atoms. The molecule has 0 aliphatic heterocycles. The van der Waals surface area contributed by atoms with E-state index >= 15 is 0 Å². The van der Waals surface area contributed by atoms with Crippen LogP contribution in [0.15, 0.2) is 30.6 Å². The van der Waals surface area contributed by atoms with E-state index in [0.717, 1.165) is 29.6 Å². The van der Waals surface area contributed by atoms with E-state index in [4.69, 9.17) is 4.74 Å². The number of ether oxygens (including phenoxy) is 1. The molecule has 6 heteroatoms. The predicted octanol–water partition coefficient (Wildman–Crippen LogP) is 2.75. The number of carbonyl (C=O) groups excluding carboxylic acids is 1. The summed E-state index contributed by atoms with van der Waals surface area (Å²) in [5.74, 6) is 0.890. The van der Waals surface area contributed by atoms with Crippen molar-refractivity contribution in [3.8, 4) is 0 Å². The van der Waals surface area contributed by atoms with E-state index in [1.807, 2.05) is 38.1 Å². The Hall–Kier alpha value is -2.21. The van der Waals surface area contributed by atoms with Gasteiger partial charge in [-0.3, -0.25) is 4.79 Å². The number of aromatic nitrogens is 2. The summed E-state index contributed by atoms with van der Waals surface area (Å²) in [5.41, 5.74) is 0.913. The number of nitrogens with one attached hydrogen (secondary N) is 2. The molecule has 6 nitrogen and oxygen atoms in total. The minimum absolute atomic E-state index is 0.0777. The predicted molar refractivity (Wildman–Crippen MR) is 96.0 cm³/mol. The molecular weight excluding hydrogens is 304 g/mol. The number of hydrogen-bond donors (Lipinski definition) is 2. The van der Waals surface area contributed by atoms with Gasteiger partial charge in [-0.1, -0.05) is 12.1 Å². The normalized spacial score (nSPS) is 11.0. The Morgan fingerprint density at radius 2 is 2.00 bits per heavy atom. The number of carbonyl (C=O) groups is 1. The average Bonchev–Trinajstić information content (AvgIpc) is 2.58. The van der Waals surface area contributed by atoms with Crippen molar-refractivity contribution in [2.45, 2.75) is 39.2 Å². The summed E-state index contributed by atoms with van der Waals surface area (Å²) in [6, 6.07) is 7.87. The maximum atomic E-state index is 11.8. The van der Waals surface area contributed by atoms with Gasteiger partial charge in [-0.25, -0.2) is 9.97 Å². The van der Waals surface area contributed by atoms with Crippen LogP contribution in [-0.2, 0) is 9.53 Å². The van der Waals surface area contributed by atoms with Gasteiger partial charge < -0.3 is 15.4 Å². The summed E-state index contributed by atoms with van der Waals surface area (Å²) in [4.78, 5) is 20.3. The molecule has 0 spiro atoms. The lowest BCUT2D eigenvalue weighted by atomic mass is 10.2. The van der Waals surface area contributed by atoms with Gasteiger partial charge in [0.25, 0.3) is 0 Å². The van der Waals surface area contributed by atoms with Crippen LogP contribution in [0.25, 0.3) is 10.9 Å². The summed E-state index contributed by atoms with van der Waals surface area (Å²) in [7, 11) is 0. The van der Waals surface area contributed by atoms with E-state index in [-0.39, 0.29) is 12.0 Å². The van der Waals surface area contributed by atoms with Crippen LogP contribution in [0.3, 0.4) is 0 Å². The van der Waals surface area contributed by atoms with Gasteiger partial charge in [0.2, 0.25) is 5.91 Å². The zero-order valence-corrected chi connectivity index (χ0v) is 14.4. The molecule has 0 aliphatic carbocycles. The first kappa shape index (κ1) is 18.1. The van der Waals surface area contributed by atoms with Crippen molar-refractivity contribution in [3.05, 3.63) is 30.6 Å². The maximum Gasteiger partial charge on any atom is 0.220 e. The summed E-state index contributed by atoms with van der Waals surface area (Å²) in [6.45, 7) is 6.06. The molecule has 1 heterocycles. The molecule has 1 amide bonds. The molecule has 1 aromatic carbocycles. The number of fused-ring (bicyclic) bond motifs is 1. The minimum Gasteiger partial charge on any atom is -0.379 e. The molecule has 1 aromatic heterocycles. The van der Waals surface area contributed by atoms with E-state index in [1.165, 1.54) is 0 Å². The summed E-state index contributed by atoms with van der Waals surface area (Å²) >= 11 is 0. The Morgan fingerprint density at radius 1 is 1.17 bits per heavy atom. The van der Waals surface area contributed by atoms with Crippen LogP contribution in [0.4, 0.5) is 5.82 Å². The molecule has 0 unspecified atom stereocenters. The summed E-state index contributed by atoms with van der Waals surface area (Å²) in [5, 5.41) is 7.19. The lowest BCUT2D eigenvalue weighted by Crippen LogP contribution is -2.25. The second-order valence-corrected chi connectivity index (χ2v) is 5.89. The fourth-order valence-electron chi connectivity index (χ4n) is 2.31. The first-order valence-corrected chi connectivity index (χ1v) is 8.48.